The van der Waals surface area contributed by atoms with E-state index >= 15 is 0 Å². The highest BCUT2D eigenvalue weighted by Crippen LogP contribution is 2.37. The molecule has 1 unspecified atom stereocenters. The van der Waals surface area contributed by atoms with Crippen molar-refractivity contribution in [2.75, 3.05) is 11.9 Å². The van der Waals surface area contributed by atoms with E-state index in [1.54, 1.807) is 36.4 Å². The smallest absolute Gasteiger partial charge is 0.335 e. The van der Waals surface area contributed by atoms with Crippen LogP contribution in [0.5, 0.6) is 5.75 Å². The number of carboxylic acid groups (broad SMARTS) is 1. The van der Waals surface area contributed by atoms with Crippen LogP contribution in [0, 0.1) is 0 Å². The van der Waals surface area contributed by atoms with Crippen molar-refractivity contribution in [1.82, 2.24) is 0 Å². The molecule has 0 saturated heterocycles. The number of aliphatic hydroxyl groups excluding tert-OH is 1. The second-order valence-corrected chi connectivity index (χ2v) is 5.89. The quantitative estimate of drug-likeness (QED) is 0.777. The molecule has 130 valence electrons. The number of hydrogen-bond acceptors (Lipinski definition) is 4. The molecule has 2 aromatic carbocycles. The van der Waals surface area contributed by atoms with Gasteiger partial charge < -0.3 is 20.3 Å². The Morgan fingerprint density at radius 3 is 2.76 bits per heavy atom. The number of rotatable bonds is 5. The van der Waals surface area contributed by atoms with Gasteiger partial charge in [-0.3, -0.25) is 4.79 Å². The van der Waals surface area contributed by atoms with Crippen LogP contribution in [0.15, 0.2) is 42.5 Å². The van der Waals surface area contributed by atoms with E-state index < -0.39 is 12.1 Å². The fourth-order valence-corrected chi connectivity index (χ4v) is 2.91. The lowest BCUT2D eigenvalue weighted by molar-refractivity contribution is -0.116. The lowest BCUT2D eigenvalue weighted by Crippen LogP contribution is -2.18. The zero-order valence-corrected chi connectivity index (χ0v) is 13.6. The molecule has 1 aliphatic heterocycles. The van der Waals surface area contributed by atoms with Crippen LogP contribution in [0.25, 0.3) is 0 Å². The summed E-state index contributed by atoms with van der Waals surface area (Å²) in [6.45, 7) is 0.396. The summed E-state index contributed by atoms with van der Waals surface area (Å²) >= 11 is 0. The number of para-hydroxylation sites is 1. The van der Waals surface area contributed by atoms with E-state index in [2.05, 4.69) is 5.32 Å². The maximum atomic E-state index is 12.3. The van der Waals surface area contributed by atoms with Crippen LogP contribution in [-0.4, -0.2) is 28.7 Å². The topological polar surface area (TPSA) is 95.9 Å². The average Bonchev–Trinajstić information content (AvgIpc) is 2.61. The minimum atomic E-state index is -1.00. The summed E-state index contributed by atoms with van der Waals surface area (Å²) in [5.41, 5.74) is 2.01. The van der Waals surface area contributed by atoms with Crippen LogP contribution >= 0.6 is 0 Å². The number of fused-ring (bicyclic) bond motifs is 1. The molecule has 2 aromatic rings. The number of benzene rings is 2. The minimum absolute atomic E-state index is 0.149. The Morgan fingerprint density at radius 1 is 1.16 bits per heavy atom. The second kappa shape index (κ2) is 7.36. The summed E-state index contributed by atoms with van der Waals surface area (Å²) in [6, 6.07) is 11.9. The number of carbonyl (C=O) groups is 2. The third-order valence-corrected chi connectivity index (χ3v) is 4.19. The molecule has 25 heavy (non-hydrogen) atoms. The molecule has 0 saturated carbocycles. The molecule has 0 spiro atoms. The Balaban J connectivity index is 1.68. The highest BCUT2D eigenvalue weighted by atomic mass is 16.5. The number of aliphatic hydroxyl groups is 1. The third-order valence-electron chi connectivity index (χ3n) is 4.19. The molecule has 0 bridgehead atoms. The van der Waals surface area contributed by atoms with Crippen molar-refractivity contribution in [1.29, 1.82) is 0 Å². The van der Waals surface area contributed by atoms with Gasteiger partial charge in [0.05, 0.1) is 24.0 Å². The van der Waals surface area contributed by atoms with E-state index in [1.807, 2.05) is 0 Å². The maximum Gasteiger partial charge on any atom is 0.335 e. The summed E-state index contributed by atoms with van der Waals surface area (Å²) in [5.74, 6) is -0.742. The summed E-state index contributed by atoms with van der Waals surface area (Å²) in [4.78, 5) is 23.5. The molecular weight excluding hydrogens is 322 g/mol. The van der Waals surface area contributed by atoms with Crippen LogP contribution in [0.2, 0.25) is 0 Å². The Kier molecular flexibility index (Phi) is 5.00. The van der Waals surface area contributed by atoms with Crippen molar-refractivity contribution in [3.8, 4) is 5.75 Å². The van der Waals surface area contributed by atoms with Crippen LogP contribution in [-0.2, 0) is 11.2 Å². The molecule has 0 fully saturated rings. The minimum Gasteiger partial charge on any atom is -0.491 e. The Bertz CT molecular complexity index is 802. The summed E-state index contributed by atoms with van der Waals surface area (Å²) < 4.78 is 5.59. The number of anilines is 1. The summed E-state index contributed by atoms with van der Waals surface area (Å²) in [7, 11) is 0. The third kappa shape index (κ3) is 3.80. The van der Waals surface area contributed by atoms with Crippen molar-refractivity contribution in [2.24, 2.45) is 0 Å². The van der Waals surface area contributed by atoms with Crippen molar-refractivity contribution < 1.29 is 24.5 Å². The summed E-state index contributed by atoms with van der Waals surface area (Å²) in [6.07, 6.45) is 0.405. The number of aromatic carboxylic acids is 1. The molecule has 1 amide bonds. The monoisotopic (exact) mass is 341 g/mol. The van der Waals surface area contributed by atoms with E-state index in [0.29, 0.717) is 42.0 Å². The predicted octanol–water partition coefficient (Wildman–Crippen LogP) is 2.77. The first-order valence-corrected chi connectivity index (χ1v) is 8.11. The van der Waals surface area contributed by atoms with Crippen LogP contribution in [0.4, 0.5) is 5.69 Å². The zero-order chi connectivity index (χ0) is 17.8. The molecule has 1 heterocycles. The van der Waals surface area contributed by atoms with Gasteiger partial charge in [0.2, 0.25) is 5.91 Å². The molecule has 6 nitrogen and oxygen atoms in total. The maximum absolute atomic E-state index is 12.3. The van der Waals surface area contributed by atoms with Gasteiger partial charge in [0.1, 0.15) is 5.75 Å². The van der Waals surface area contributed by atoms with Gasteiger partial charge in [0, 0.05) is 18.4 Å². The Morgan fingerprint density at radius 2 is 1.96 bits per heavy atom. The molecule has 0 radical (unpaired) electrons. The van der Waals surface area contributed by atoms with Gasteiger partial charge in [-0.15, -0.1) is 0 Å². The first-order chi connectivity index (χ1) is 12.1. The van der Waals surface area contributed by atoms with Crippen molar-refractivity contribution in [3.05, 3.63) is 59.2 Å². The number of carbonyl (C=O) groups excluding carboxylic acids is 1. The number of amides is 1. The largest absolute Gasteiger partial charge is 0.491 e. The number of carboxylic acids is 1. The lowest BCUT2D eigenvalue weighted by Gasteiger charge is -2.24. The molecule has 0 aromatic heterocycles. The summed E-state index contributed by atoms with van der Waals surface area (Å²) in [5, 5.41) is 22.0. The van der Waals surface area contributed by atoms with Gasteiger partial charge in [-0.05, 0) is 24.1 Å². The fourth-order valence-electron chi connectivity index (χ4n) is 2.91. The Hall–Kier alpha value is -2.86. The molecule has 3 rings (SSSR count). The number of aryl methyl sites for hydroxylation is 1. The van der Waals surface area contributed by atoms with Crippen molar-refractivity contribution >= 4 is 17.6 Å². The predicted molar refractivity (Wildman–Crippen MR) is 91.9 cm³/mol. The van der Waals surface area contributed by atoms with Gasteiger partial charge in [-0.2, -0.15) is 0 Å². The van der Waals surface area contributed by atoms with E-state index in [0.717, 1.165) is 0 Å². The SMILES string of the molecule is O=C(CCc1ccccc1C(=O)O)Nc1cccc2c1OCCC2O. The van der Waals surface area contributed by atoms with E-state index in [4.69, 9.17) is 4.74 Å². The number of hydrogen-bond donors (Lipinski definition) is 3. The lowest BCUT2D eigenvalue weighted by atomic mass is 10.0. The van der Waals surface area contributed by atoms with Gasteiger partial charge >= 0.3 is 5.97 Å². The molecular formula is C19H19NO5. The first kappa shape index (κ1) is 17.0. The van der Waals surface area contributed by atoms with E-state index in [1.165, 1.54) is 6.07 Å². The van der Waals surface area contributed by atoms with Crippen molar-refractivity contribution in [3.63, 3.8) is 0 Å². The highest BCUT2D eigenvalue weighted by molar-refractivity contribution is 5.93. The molecule has 3 N–H and O–H groups in total. The molecule has 0 aliphatic carbocycles. The first-order valence-electron chi connectivity index (χ1n) is 8.11. The fraction of sp³-hybridized carbons (Fsp3) is 0.263. The average molecular weight is 341 g/mol. The molecule has 6 heteroatoms. The molecule has 1 aliphatic rings. The normalized spacial score (nSPS) is 15.8. The standard InChI is InChI=1S/C19H19NO5/c21-16-10-11-25-18-14(16)6-3-7-15(18)20-17(22)9-8-12-4-1-2-5-13(12)19(23)24/h1-7,16,21H,8-11H2,(H,20,22)(H,23,24). The van der Waals surface area contributed by atoms with Crippen LogP contribution in [0.3, 0.4) is 0 Å². The highest BCUT2D eigenvalue weighted by Gasteiger charge is 2.22. The zero-order valence-electron chi connectivity index (χ0n) is 13.6. The Labute approximate surface area is 145 Å². The second-order valence-electron chi connectivity index (χ2n) is 5.89. The van der Waals surface area contributed by atoms with Gasteiger partial charge in [0.15, 0.2) is 0 Å². The van der Waals surface area contributed by atoms with Crippen LogP contribution in [0.1, 0.15) is 40.4 Å². The number of nitrogens with one attached hydrogen (secondary N) is 1. The van der Waals surface area contributed by atoms with Gasteiger partial charge in [-0.1, -0.05) is 30.3 Å². The van der Waals surface area contributed by atoms with Gasteiger partial charge in [-0.25, -0.2) is 4.79 Å². The van der Waals surface area contributed by atoms with E-state index in [9.17, 15) is 19.8 Å². The van der Waals surface area contributed by atoms with E-state index in [-0.39, 0.29) is 17.9 Å². The van der Waals surface area contributed by atoms with Crippen molar-refractivity contribution in [2.45, 2.75) is 25.4 Å². The number of ether oxygens (including phenoxy) is 1. The van der Waals surface area contributed by atoms with Gasteiger partial charge in [0.25, 0.3) is 0 Å². The molecule has 1 atom stereocenters. The van der Waals surface area contributed by atoms with Crippen LogP contribution < -0.4 is 10.1 Å².